The lowest BCUT2D eigenvalue weighted by Gasteiger charge is -2.27. The number of rotatable bonds is 6. The van der Waals surface area contributed by atoms with Gasteiger partial charge in [0.05, 0.1) is 12.6 Å². The first kappa shape index (κ1) is 19.0. The van der Waals surface area contributed by atoms with Crippen LogP contribution >= 0.6 is 27.3 Å². The number of hydrogen-bond donors (Lipinski definition) is 1. The number of aromatic nitrogens is 1. The van der Waals surface area contributed by atoms with E-state index in [1.54, 1.807) is 11.3 Å². The number of nitrogens with one attached hydrogen (secondary N) is 1. The zero-order valence-electron chi connectivity index (χ0n) is 15.0. The minimum Gasteiger partial charge on any atom is -0.354 e. The molecule has 0 amide bonds. The van der Waals surface area contributed by atoms with E-state index in [4.69, 9.17) is 0 Å². The zero-order chi connectivity index (χ0) is 17.7. The zero-order valence-corrected chi connectivity index (χ0v) is 17.4. The average Bonchev–Trinajstić information content (AvgIpc) is 3.13. The highest BCUT2D eigenvalue weighted by atomic mass is 79.9. The van der Waals surface area contributed by atoms with Crippen LogP contribution in [0, 0.1) is 0 Å². The number of aryl methyl sites for hydroxylation is 1. The molecule has 0 bridgehead atoms. The molecule has 24 heavy (non-hydrogen) atoms. The number of guanidine groups is 1. The van der Waals surface area contributed by atoms with E-state index in [0.29, 0.717) is 6.04 Å². The number of hydrogen-bond acceptors (Lipinski definition) is 3. The van der Waals surface area contributed by atoms with Gasteiger partial charge in [-0.15, -0.1) is 11.3 Å². The third kappa shape index (κ3) is 4.84. The molecular formula is C17H26BrN5S. The molecule has 1 unspecified atom stereocenters. The van der Waals surface area contributed by atoms with E-state index in [2.05, 4.69) is 98.6 Å². The van der Waals surface area contributed by atoms with Crippen molar-refractivity contribution < 1.29 is 0 Å². The van der Waals surface area contributed by atoms with Crippen LogP contribution in [0.4, 0.5) is 0 Å². The summed E-state index contributed by atoms with van der Waals surface area (Å²) in [7, 11) is 10.2. The molecule has 5 nitrogen and oxygen atoms in total. The molecule has 0 aliphatic carbocycles. The summed E-state index contributed by atoms with van der Waals surface area (Å²) in [5.74, 6) is 0.899. The predicted molar refractivity (Wildman–Crippen MR) is 107 cm³/mol. The lowest BCUT2D eigenvalue weighted by molar-refractivity contribution is 0.299. The number of halogens is 1. The van der Waals surface area contributed by atoms with Gasteiger partial charge in [0.2, 0.25) is 0 Å². The highest BCUT2D eigenvalue weighted by Crippen LogP contribution is 2.22. The fourth-order valence-corrected chi connectivity index (χ4v) is 4.13. The fourth-order valence-electron chi connectivity index (χ4n) is 2.63. The Labute approximate surface area is 157 Å². The minimum atomic E-state index is 0.333. The van der Waals surface area contributed by atoms with E-state index in [1.165, 1.54) is 10.6 Å². The van der Waals surface area contributed by atoms with Gasteiger partial charge < -0.3 is 19.7 Å². The van der Waals surface area contributed by atoms with Crippen LogP contribution in [0.15, 0.2) is 39.2 Å². The van der Waals surface area contributed by atoms with Crippen LogP contribution in [0.2, 0.25) is 0 Å². The van der Waals surface area contributed by atoms with Crippen LogP contribution in [0.5, 0.6) is 0 Å². The van der Waals surface area contributed by atoms with Gasteiger partial charge in [0.15, 0.2) is 5.96 Å². The Morgan fingerprint density at radius 1 is 1.42 bits per heavy atom. The van der Waals surface area contributed by atoms with Crippen molar-refractivity contribution in [1.29, 1.82) is 0 Å². The third-order valence-electron chi connectivity index (χ3n) is 4.00. The van der Waals surface area contributed by atoms with Gasteiger partial charge in [0.1, 0.15) is 0 Å². The molecule has 0 radical (unpaired) electrons. The monoisotopic (exact) mass is 411 g/mol. The fraction of sp³-hybridized carbons (Fsp3) is 0.471. The summed E-state index contributed by atoms with van der Waals surface area (Å²) in [4.78, 5) is 10.2. The van der Waals surface area contributed by atoms with Gasteiger partial charge in [0, 0.05) is 48.9 Å². The van der Waals surface area contributed by atoms with Gasteiger partial charge in [-0.2, -0.15) is 0 Å². The second-order valence-electron chi connectivity index (χ2n) is 6.04. The van der Waals surface area contributed by atoms with Gasteiger partial charge in [-0.05, 0) is 47.5 Å². The van der Waals surface area contributed by atoms with E-state index in [0.717, 1.165) is 23.5 Å². The summed E-state index contributed by atoms with van der Waals surface area (Å²) in [6.45, 7) is 1.62. The summed E-state index contributed by atoms with van der Waals surface area (Å²) in [5.41, 5.74) is 1.23. The lowest BCUT2D eigenvalue weighted by Crippen LogP contribution is -2.42. The van der Waals surface area contributed by atoms with Gasteiger partial charge in [-0.3, -0.25) is 4.99 Å². The van der Waals surface area contributed by atoms with Crippen molar-refractivity contribution in [3.8, 4) is 0 Å². The van der Waals surface area contributed by atoms with Crippen LogP contribution in [0.3, 0.4) is 0 Å². The summed E-state index contributed by atoms with van der Waals surface area (Å²) in [5, 5.41) is 5.63. The van der Waals surface area contributed by atoms with Gasteiger partial charge in [-0.1, -0.05) is 6.07 Å². The van der Waals surface area contributed by atoms with E-state index in [-0.39, 0.29) is 0 Å². The smallest absolute Gasteiger partial charge is 0.193 e. The van der Waals surface area contributed by atoms with Crippen molar-refractivity contribution in [3.63, 3.8) is 0 Å². The van der Waals surface area contributed by atoms with E-state index >= 15 is 0 Å². The molecule has 2 rings (SSSR count). The molecule has 0 fully saturated rings. The number of thiophene rings is 1. The van der Waals surface area contributed by atoms with Crippen LogP contribution in [0.1, 0.15) is 16.6 Å². The number of aliphatic imine (C=N–C) groups is 1. The van der Waals surface area contributed by atoms with Crippen molar-refractivity contribution in [2.24, 2.45) is 12.0 Å². The van der Waals surface area contributed by atoms with Crippen LogP contribution in [-0.4, -0.2) is 55.1 Å². The standard InChI is InChI=1S/C17H26BrN5S/c1-19-17(23(5)12-14-9-13(18)11-22(14)4)20-10-15(21(2)3)16-7-6-8-24-16/h6-9,11,15H,10,12H2,1-5H3,(H,19,20). The summed E-state index contributed by atoms with van der Waals surface area (Å²) < 4.78 is 3.23. The topological polar surface area (TPSA) is 35.8 Å². The second kappa shape index (κ2) is 8.69. The molecule has 132 valence electrons. The van der Waals surface area contributed by atoms with Gasteiger partial charge >= 0.3 is 0 Å². The van der Waals surface area contributed by atoms with Crippen molar-refractivity contribution >= 4 is 33.2 Å². The van der Waals surface area contributed by atoms with Crippen molar-refractivity contribution in [2.45, 2.75) is 12.6 Å². The average molecular weight is 412 g/mol. The first-order chi connectivity index (χ1) is 11.4. The van der Waals surface area contributed by atoms with Crippen molar-refractivity contribution in [1.82, 2.24) is 19.7 Å². The maximum atomic E-state index is 4.43. The maximum Gasteiger partial charge on any atom is 0.193 e. The molecule has 0 aromatic carbocycles. The largest absolute Gasteiger partial charge is 0.354 e. The van der Waals surface area contributed by atoms with E-state index in [1.807, 2.05) is 7.05 Å². The molecule has 0 spiro atoms. The summed E-state index contributed by atoms with van der Waals surface area (Å²) in [6.07, 6.45) is 2.07. The molecule has 1 atom stereocenters. The molecule has 2 heterocycles. The quantitative estimate of drug-likeness (QED) is 0.585. The van der Waals surface area contributed by atoms with Crippen molar-refractivity contribution in [3.05, 3.63) is 44.8 Å². The van der Waals surface area contributed by atoms with E-state index in [9.17, 15) is 0 Å². The highest BCUT2D eigenvalue weighted by molar-refractivity contribution is 9.10. The predicted octanol–water partition coefficient (Wildman–Crippen LogP) is 3.16. The first-order valence-corrected chi connectivity index (χ1v) is 9.52. The second-order valence-corrected chi connectivity index (χ2v) is 7.93. The summed E-state index contributed by atoms with van der Waals surface area (Å²) in [6, 6.07) is 6.76. The highest BCUT2D eigenvalue weighted by Gasteiger charge is 2.17. The molecule has 2 aromatic rings. The van der Waals surface area contributed by atoms with Crippen LogP contribution in [-0.2, 0) is 13.6 Å². The Hall–Kier alpha value is -1.31. The van der Waals surface area contributed by atoms with Gasteiger partial charge in [0.25, 0.3) is 0 Å². The minimum absolute atomic E-state index is 0.333. The Balaban J connectivity index is 1.99. The molecule has 7 heteroatoms. The third-order valence-corrected chi connectivity index (χ3v) is 5.40. The SMILES string of the molecule is CN=C(NCC(c1cccs1)N(C)C)N(C)Cc1cc(Br)cn1C. The molecule has 0 aliphatic rings. The normalized spacial score (nSPS) is 13.4. The molecule has 2 aromatic heterocycles. The van der Waals surface area contributed by atoms with E-state index < -0.39 is 0 Å². The molecule has 1 N–H and O–H groups in total. The summed E-state index contributed by atoms with van der Waals surface area (Å²) >= 11 is 5.32. The van der Waals surface area contributed by atoms with Crippen molar-refractivity contribution in [2.75, 3.05) is 34.7 Å². The maximum absolute atomic E-state index is 4.43. The number of likely N-dealkylation sites (N-methyl/N-ethyl adjacent to an activating group) is 1. The molecule has 0 saturated carbocycles. The lowest BCUT2D eigenvalue weighted by atomic mass is 10.2. The Morgan fingerprint density at radius 2 is 2.17 bits per heavy atom. The first-order valence-electron chi connectivity index (χ1n) is 7.84. The molecular weight excluding hydrogens is 386 g/mol. The van der Waals surface area contributed by atoms with Gasteiger partial charge in [-0.25, -0.2) is 0 Å². The molecule has 0 aliphatic heterocycles. The Kier molecular flexibility index (Phi) is 6.89. The van der Waals surface area contributed by atoms with Crippen LogP contribution < -0.4 is 5.32 Å². The number of nitrogens with zero attached hydrogens (tertiary/aromatic N) is 4. The molecule has 0 saturated heterocycles. The Morgan fingerprint density at radius 3 is 2.67 bits per heavy atom. The Bertz CT molecular complexity index is 663. The van der Waals surface area contributed by atoms with Crippen LogP contribution in [0.25, 0.3) is 0 Å².